The van der Waals surface area contributed by atoms with Gasteiger partial charge in [-0.1, -0.05) is 34.1 Å². The number of carbonyl (C=O) groups excluding carboxylic acids is 2. The largest absolute Gasteiger partial charge is 0.387 e. The van der Waals surface area contributed by atoms with Gasteiger partial charge in [-0.05, 0) is 19.1 Å². The summed E-state index contributed by atoms with van der Waals surface area (Å²) >= 11 is 3.23. The predicted octanol–water partition coefficient (Wildman–Crippen LogP) is 2.12. The van der Waals surface area contributed by atoms with Crippen molar-refractivity contribution < 1.29 is 9.59 Å². The number of amides is 3. The Morgan fingerprint density at radius 3 is 2.52 bits per heavy atom. The van der Waals surface area contributed by atoms with Crippen molar-refractivity contribution in [3.63, 3.8) is 0 Å². The van der Waals surface area contributed by atoms with Crippen LogP contribution < -0.4 is 16.0 Å². The Balaban J connectivity index is 2.66. The molecule has 6 nitrogen and oxygen atoms in total. The number of anilines is 1. The van der Waals surface area contributed by atoms with E-state index in [1.165, 1.54) is 0 Å². The van der Waals surface area contributed by atoms with Crippen LogP contribution in [0.25, 0.3) is 0 Å². The van der Waals surface area contributed by atoms with Crippen LogP contribution in [-0.4, -0.2) is 23.8 Å². The van der Waals surface area contributed by atoms with Crippen LogP contribution in [0.1, 0.15) is 6.92 Å². The standard InChI is InChI=1S/C14H15BrN4O2/c1-10(17-8-7-15)12(9-16)13(20)19-14(21)18-11-5-3-2-4-6-11/h2-6,17H,7-8H2,1H3,(H2,18,19,20,21)/b12-10+. The monoisotopic (exact) mass is 350 g/mol. The highest BCUT2D eigenvalue weighted by molar-refractivity contribution is 9.09. The number of nitrogens with one attached hydrogen (secondary N) is 3. The molecule has 0 spiro atoms. The second-order valence-corrected chi connectivity index (χ2v) is 4.79. The summed E-state index contributed by atoms with van der Waals surface area (Å²) in [4.78, 5) is 23.6. The van der Waals surface area contributed by atoms with Gasteiger partial charge in [0.05, 0.1) is 0 Å². The van der Waals surface area contributed by atoms with Gasteiger partial charge in [0.1, 0.15) is 11.6 Å². The molecule has 1 aromatic rings. The SMILES string of the molecule is C/C(NCCBr)=C(/C#N)C(=O)NC(=O)Nc1ccccc1. The average Bonchev–Trinajstić information content (AvgIpc) is 2.46. The van der Waals surface area contributed by atoms with Crippen molar-refractivity contribution >= 4 is 33.6 Å². The molecular weight excluding hydrogens is 336 g/mol. The lowest BCUT2D eigenvalue weighted by Crippen LogP contribution is -2.36. The number of para-hydroxylation sites is 1. The Morgan fingerprint density at radius 2 is 1.95 bits per heavy atom. The Morgan fingerprint density at radius 1 is 1.29 bits per heavy atom. The summed E-state index contributed by atoms with van der Waals surface area (Å²) in [5.74, 6) is -0.745. The zero-order chi connectivity index (χ0) is 15.7. The van der Waals surface area contributed by atoms with E-state index in [2.05, 4.69) is 31.9 Å². The molecule has 0 aliphatic heterocycles. The fourth-order valence-electron chi connectivity index (χ4n) is 1.48. The highest BCUT2D eigenvalue weighted by atomic mass is 79.9. The minimum atomic E-state index is -0.745. The fourth-order valence-corrected chi connectivity index (χ4v) is 1.68. The molecule has 0 aliphatic carbocycles. The van der Waals surface area contributed by atoms with E-state index in [9.17, 15) is 9.59 Å². The van der Waals surface area contributed by atoms with Crippen molar-refractivity contribution in [2.45, 2.75) is 6.92 Å². The van der Waals surface area contributed by atoms with Crippen molar-refractivity contribution in [2.75, 3.05) is 17.2 Å². The van der Waals surface area contributed by atoms with Gasteiger partial charge >= 0.3 is 6.03 Å². The third-order valence-corrected chi connectivity index (χ3v) is 2.85. The second kappa shape index (κ2) is 8.76. The summed E-state index contributed by atoms with van der Waals surface area (Å²) in [6.45, 7) is 2.18. The van der Waals surface area contributed by atoms with Crippen LogP contribution >= 0.6 is 15.9 Å². The molecular formula is C14H15BrN4O2. The van der Waals surface area contributed by atoms with Crippen LogP contribution in [0.5, 0.6) is 0 Å². The lowest BCUT2D eigenvalue weighted by Gasteiger charge is -2.09. The van der Waals surface area contributed by atoms with Gasteiger partial charge in [-0.15, -0.1) is 0 Å². The number of hydrogen-bond donors (Lipinski definition) is 3. The summed E-state index contributed by atoms with van der Waals surface area (Å²) in [6, 6.07) is 9.80. The van der Waals surface area contributed by atoms with E-state index < -0.39 is 11.9 Å². The van der Waals surface area contributed by atoms with Gasteiger partial charge in [-0.25, -0.2) is 4.79 Å². The first-order chi connectivity index (χ1) is 10.1. The predicted molar refractivity (Wildman–Crippen MR) is 83.7 cm³/mol. The van der Waals surface area contributed by atoms with Crippen molar-refractivity contribution in [3.05, 3.63) is 41.6 Å². The van der Waals surface area contributed by atoms with Crippen LogP contribution in [0.15, 0.2) is 41.6 Å². The molecule has 0 atom stereocenters. The van der Waals surface area contributed by atoms with E-state index in [1.807, 2.05) is 6.07 Å². The van der Waals surface area contributed by atoms with E-state index in [0.29, 0.717) is 23.3 Å². The quantitative estimate of drug-likeness (QED) is 0.430. The minimum Gasteiger partial charge on any atom is -0.387 e. The molecule has 0 bridgehead atoms. The molecule has 1 aromatic carbocycles. The molecule has 0 fully saturated rings. The number of urea groups is 1. The number of allylic oxidation sites excluding steroid dienone is 1. The van der Waals surface area contributed by atoms with Crippen LogP contribution in [0, 0.1) is 11.3 Å². The van der Waals surface area contributed by atoms with E-state index in [1.54, 1.807) is 37.3 Å². The summed E-state index contributed by atoms with van der Waals surface area (Å²) in [7, 11) is 0. The van der Waals surface area contributed by atoms with Gasteiger partial charge < -0.3 is 10.6 Å². The third-order valence-electron chi connectivity index (χ3n) is 2.46. The first kappa shape index (κ1) is 16.7. The number of halogens is 1. The Bertz CT molecular complexity index is 578. The number of imide groups is 1. The Kier molecular flexibility index (Phi) is 6.98. The molecule has 0 saturated carbocycles. The molecule has 3 amide bonds. The molecule has 110 valence electrons. The summed E-state index contributed by atoms with van der Waals surface area (Å²) in [5, 5.41) is 17.2. The van der Waals surface area contributed by atoms with E-state index in [0.717, 1.165) is 0 Å². The smallest absolute Gasteiger partial charge is 0.326 e. The van der Waals surface area contributed by atoms with Gasteiger partial charge in [0.2, 0.25) is 0 Å². The molecule has 0 aliphatic rings. The van der Waals surface area contributed by atoms with Crippen molar-refractivity contribution in [2.24, 2.45) is 0 Å². The minimum absolute atomic E-state index is 0.126. The number of alkyl halides is 1. The maximum Gasteiger partial charge on any atom is 0.326 e. The Labute approximate surface area is 131 Å². The third kappa shape index (κ3) is 5.67. The molecule has 0 saturated heterocycles. The van der Waals surface area contributed by atoms with Gasteiger partial charge in [-0.3, -0.25) is 10.1 Å². The summed E-state index contributed by atoms with van der Waals surface area (Å²) in [6.07, 6.45) is 0. The van der Waals surface area contributed by atoms with Crippen molar-refractivity contribution in [1.82, 2.24) is 10.6 Å². The number of nitrogens with zero attached hydrogens (tertiary/aromatic N) is 1. The van der Waals surface area contributed by atoms with Gasteiger partial charge in [0.25, 0.3) is 5.91 Å². The van der Waals surface area contributed by atoms with Gasteiger partial charge in [-0.2, -0.15) is 5.26 Å². The molecule has 0 heterocycles. The molecule has 1 rings (SSSR count). The zero-order valence-corrected chi connectivity index (χ0v) is 13.0. The normalized spacial score (nSPS) is 10.9. The van der Waals surface area contributed by atoms with Crippen molar-refractivity contribution in [1.29, 1.82) is 5.26 Å². The lowest BCUT2D eigenvalue weighted by atomic mass is 10.2. The molecule has 7 heteroatoms. The average molecular weight is 351 g/mol. The molecule has 0 unspecified atom stereocenters. The maximum atomic E-state index is 11.9. The van der Waals surface area contributed by atoms with Gasteiger partial charge in [0.15, 0.2) is 0 Å². The summed E-state index contributed by atoms with van der Waals surface area (Å²) < 4.78 is 0. The first-order valence-corrected chi connectivity index (χ1v) is 7.28. The number of nitriles is 1. The zero-order valence-electron chi connectivity index (χ0n) is 11.4. The van der Waals surface area contributed by atoms with E-state index in [4.69, 9.17) is 5.26 Å². The van der Waals surface area contributed by atoms with Gasteiger partial charge in [0, 0.05) is 23.3 Å². The highest BCUT2D eigenvalue weighted by Crippen LogP contribution is 2.05. The topological polar surface area (TPSA) is 94.0 Å². The maximum absolute atomic E-state index is 11.9. The summed E-state index contributed by atoms with van der Waals surface area (Å²) in [5.41, 5.74) is 0.848. The second-order valence-electron chi connectivity index (χ2n) is 4.00. The van der Waals surface area contributed by atoms with Crippen LogP contribution in [0.2, 0.25) is 0 Å². The van der Waals surface area contributed by atoms with Crippen LogP contribution in [0.3, 0.4) is 0 Å². The van der Waals surface area contributed by atoms with Crippen molar-refractivity contribution in [3.8, 4) is 6.07 Å². The van der Waals surface area contributed by atoms with E-state index >= 15 is 0 Å². The van der Waals surface area contributed by atoms with E-state index in [-0.39, 0.29) is 5.57 Å². The number of rotatable bonds is 5. The van der Waals surface area contributed by atoms with Crippen LogP contribution in [-0.2, 0) is 4.79 Å². The molecule has 0 radical (unpaired) electrons. The fraction of sp³-hybridized carbons (Fsp3) is 0.214. The number of carbonyl (C=O) groups is 2. The van der Waals surface area contributed by atoms with Crippen LogP contribution in [0.4, 0.5) is 10.5 Å². The molecule has 3 N–H and O–H groups in total. The Hall–Kier alpha value is -2.33. The number of benzene rings is 1. The molecule has 0 aromatic heterocycles. The lowest BCUT2D eigenvalue weighted by molar-refractivity contribution is -0.116. The highest BCUT2D eigenvalue weighted by Gasteiger charge is 2.15. The molecule has 21 heavy (non-hydrogen) atoms. The first-order valence-electron chi connectivity index (χ1n) is 6.16. The number of hydrogen-bond acceptors (Lipinski definition) is 4.